The Morgan fingerprint density at radius 3 is 2.89 bits per heavy atom. The number of hydrogen-bond acceptors (Lipinski definition) is 5. The Bertz CT molecular complexity index is 991. The summed E-state index contributed by atoms with van der Waals surface area (Å²) >= 11 is 3.45. The molecule has 1 unspecified atom stereocenters. The summed E-state index contributed by atoms with van der Waals surface area (Å²) in [7, 11) is 0. The van der Waals surface area contributed by atoms with E-state index >= 15 is 0 Å². The lowest BCUT2D eigenvalue weighted by atomic mass is 10.0. The van der Waals surface area contributed by atoms with Crippen molar-refractivity contribution < 1.29 is 18.4 Å². The average molecular weight is 446 g/mol. The summed E-state index contributed by atoms with van der Waals surface area (Å²) in [6, 6.07) is 11.5. The molecule has 28 heavy (non-hydrogen) atoms. The Morgan fingerprint density at radius 1 is 1.25 bits per heavy atom. The van der Waals surface area contributed by atoms with Crippen molar-refractivity contribution in [2.45, 2.75) is 25.3 Å². The first-order valence-electron chi connectivity index (χ1n) is 8.88. The maximum absolute atomic E-state index is 13.0. The minimum Gasteiger partial charge on any atom is -0.493 e. The summed E-state index contributed by atoms with van der Waals surface area (Å²) < 4.78 is 24.8. The molecule has 2 aromatic carbocycles. The number of aromatic nitrogens is 2. The van der Waals surface area contributed by atoms with E-state index in [1.165, 1.54) is 12.1 Å². The van der Waals surface area contributed by atoms with Gasteiger partial charge in [-0.15, -0.1) is 0 Å². The molecular formula is C20H17BrFN3O3. The molecule has 144 valence electrons. The van der Waals surface area contributed by atoms with Crippen LogP contribution < -0.4 is 10.1 Å². The van der Waals surface area contributed by atoms with Gasteiger partial charge in [-0.3, -0.25) is 4.79 Å². The van der Waals surface area contributed by atoms with Crippen molar-refractivity contribution in [3.05, 3.63) is 64.2 Å². The highest BCUT2D eigenvalue weighted by Gasteiger charge is 2.23. The molecule has 0 saturated heterocycles. The number of aryl methyl sites for hydroxylation is 1. The van der Waals surface area contributed by atoms with Gasteiger partial charge >= 0.3 is 0 Å². The van der Waals surface area contributed by atoms with Gasteiger partial charge < -0.3 is 14.6 Å². The molecule has 0 fully saturated rings. The van der Waals surface area contributed by atoms with Crippen molar-refractivity contribution in [3.8, 4) is 17.1 Å². The maximum Gasteiger partial charge on any atom is 0.227 e. The zero-order chi connectivity index (χ0) is 19.5. The van der Waals surface area contributed by atoms with Crippen LogP contribution in [0.15, 0.2) is 51.5 Å². The normalized spacial score (nSPS) is 15.6. The molecule has 0 aliphatic carbocycles. The third-order valence-corrected chi connectivity index (χ3v) is 4.98. The van der Waals surface area contributed by atoms with E-state index in [0.717, 1.165) is 15.8 Å². The van der Waals surface area contributed by atoms with E-state index in [2.05, 4.69) is 31.4 Å². The zero-order valence-electron chi connectivity index (χ0n) is 14.8. The molecule has 0 saturated carbocycles. The molecule has 1 aliphatic heterocycles. The third-order valence-electron chi connectivity index (χ3n) is 4.48. The highest BCUT2D eigenvalue weighted by atomic mass is 79.9. The lowest BCUT2D eigenvalue weighted by molar-refractivity contribution is -0.122. The van der Waals surface area contributed by atoms with Gasteiger partial charge in [0.25, 0.3) is 0 Å². The minimum atomic E-state index is -0.328. The average Bonchev–Trinajstić information content (AvgIpc) is 3.16. The number of fused-ring (bicyclic) bond motifs is 1. The number of carbonyl (C=O) groups is 1. The van der Waals surface area contributed by atoms with E-state index in [4.69, 9.17) is 9.26 Å². The van der Waals surface area contributed by atoms with Gasteiger partial charge in [-0.2, -0.15) is 4.98 Å². The molecule has 2 heterocycles. The second-order valence-electron chi connectivity index (χ2n) is 6.46. The van der Waals surface area contributed by atoms with Crippen molar-refractivity contribution in [3.63, 3.8) is 0 Å². The molecule has 6 nitrogen and oxygen atoms in total. The van der Waals surface area contributed by atoms with Crippen LogP contribution in [0.25, 0.3) is 11.4 Å². The standard InChI is InChI=1S/C20H17BrFN3O3/c21-13-3-6-17-15(11-13)16(9-10-27-17)23-18(26)7-8-19-24-20(25-28-19)12-1-4-14(22)5-2-12/h1-6,11,16H,7-10H2,(H,23,26). The fraction of sp³-hybridized carbons (Fsp3) is 0.250. The van der Waals surface area contributed by atoms with Crippen molar-refractivity contribution in [1.29, 1.82) is 0 Å². The van der Waals surface area contributed by atoms with E-state index < -0.39 is 0 Å². The molecular weight excluding hydrogens is 429 g/mol. The number of nitrogens with one attached hydrogen (secondary N) is 1. The van der Waals surface area contributed by atoms with Crippen LogP contribution in [0, 0.1) is 5.82 Å². The third kappa shape index (κ3) is 4.22. The fourth-order valence-corrected chi connectivity index (χ4v) is 3.45. The van der Waals surface area contributed by atoms with Crippen molar-refractivity contribution in [1.82, 2.24) is 15.5 Å². The summed E-state index contributed by atoms with van der Waals surface area (Å²) in [5.41, 5.74) is 1.62. The van der Waals surface area contributed by atoms with Crippen molar-refractivity contribution in [2.75, 3.05) is 6.61 Å². The van der Waals surface area contributed by atoms with Gasteiger partial charge in [0.1, 0.15) is 11.6 Å². The van der Waals surface area contributed by atoms with Gasteiger partial charge in [0.15, 0.2) is 0 Å². The Kier molecular flexibility index (Phi) is 5.38. The molecule has 0 spiro atoms. The van der Waals surface area contributed by atoms with E-state index in [1.807, 2.05) is 18.2 Å². The van der Waals surface area contributed by atoms with Gasteiger partial charge in [-0.25, -0.2) is 4.39 Å². The highest BCUT2D eigenvalue weighted by Crippen LogP contribution is 2.34. The van der Waals surface area contributed by atoms with Crippen LogP contribution in [-0.4, -0.2) is 22.7 Å². The number of carbonyl (C=O) groups excluding carboxylic acids is 1. The summed E-state index contributed by atoms with van der Waals surface area (Å²) in [4.78, 5) is 16.7. The number of ether oxygens (including phenoxy) is 1. The zero-order valence-corrected chi connectivity index (χ0v) is 16.4. The quantitative estimate of drug-likeness (QED) is 0.636. The van der Waals surface area contributed by atoms with Crippen LogP contribution in [0.1, 0.15) is 30.3 Å². The van der Waals surface area contributed by atoms with Crippen LogP contribution in [0.2, 0.25) is 0 Å². The molecule has 1 aliphatic rings. The lowest BCUT2D eigenvalue weighted by Gasteiger charge is -2.26. The van der Waals surface area contributed by atoms with Gasteiger partial charge in [0.05, 0.1) is 12.6 Å². The van der Waals surface area contributed by atoms with Crippen LogP contribution in [-0.2, 0) is 11.2 Å². The molecule has 3 aromatic rings. The first-order valence-corrected chi connectivity index (χ1v) is 9.68. The van der Waals surface area contributed by atoms with Gasteiger partial charge in [0.2, 0.25) is 17.6 Å². The summed E-state index contributed by atoms with van der Waals surface area (Å²) in [5.74, 6) is 1.11. The van der Waals surface area contributed by atoms with E-state index in [0.29, 0.717) is 36.7 Å². The lowest BCUT2D eigenvalue weighted by Crippen LogP contribution is -2.32. The molecule has 0 bridgehead atoms. The molecule has 1 amide bonds. The Morgan fingerprint density at radius 2 is 2.07 bits per heavy atom. The number of halogens is 2. The largest absolute Gasteiger partial charge is 0.493 e. The van der Waals surface area contributed by atoms with E-state index in [9.17, 15) is 9.18 Å². The molecule has 0 radical (unpaired) electrons. The predicted octanol–water partition coefficient (Wildman–Crippen LogP) is 4.21. The summed E-state index contributed by atoms with van der Waals surface area (Å²) in [6.07, 6.45) is 1.27. The first-order chi connectivity index (χ1) is 13.6. The molecule has 1 atom stereocenters. The smallest absolute Gasteiger partial charge is 0.227 e. The highest BCUT2D eigenvalue weighted by molar-refractivity contribution is 9.10. The van der Waals surface area contributed by atoms with Crippen LogP contribution in [0.4, 0.5) is 4.39 Å². The molecule has 8 heteroatoms. The Balaban J connectivity index is 1.36. The monoisotopic (exact) mass is 445 g/mol. The van der Waals surface area contributed by atoms with Crippen LogP contribution in [0.5, 0.6) is 5.75 Å². The summed E-state index contributed by atoms with van der Waals surface area (Å²) in [5, 5.41) is 6.93. The van der Waals surface area contributed by atoms with Crippen molar-refractivity contribution in [2.24, 2.45) is 0 Å². The number of hydrogen-bond donors (Lipinski definition) is 1. The number of amides is 1. The second-order valence-corrected chi connectivity index (χ2v) is 7.37. The topological polar surface area (TPSA) is 77.2 Å². The van der Waals surface area contributed by atoms with Gasteiger partial charge in [0, 0.05) is 34.9 Å². The molecule has 1 N–H and O–H groups in total. The molecule has 4 rings (SSSR count). The maximum atomic E-state index is 13.0. The van der Waals surface area contributed by atoms with Gasteiger partial charge in [-0.1, -0.05) is 21.1 Å². The Hall–Kier alpha value is -2.74. The number of benzene rings is 2. The Labute approximate surface area is 169 Å². The number of nitrogens with zero attached hydrogens (tertiary/aromatic N) is 2. The predicted molar refractivity (Wildman–Crippen MR) is 103 cm³/mol. The van der Waals surface area contributed by atoms with Crippen LogP contribution >= 0.6 is 15.9 Å². The second kappa shape index (κ2) is 8.10. The number of rotatable bonds is 5. The van der Waals surface area contributed by atoms with Crippen LogP contribution in [0.3, 0.4) is 0 Å². The van der Waals surface area contributed by atoms with E-state index in [1.54, 1.807) is 12.1 Å². The first kappa shape index (κ1) is 18.6. The van der Waals surface area contributed by atoms with Crippen molar-refractivity contribution >= 4 is 21.8 Å². The fourth-order valence-electron chi connectivity index (χ4n) is 3.07. The SMILES string of the molecule is O=C(CCc1nc(-c2ccc(F)cc2)no1)NC1CCOc2ccc(Br)cc21. The molecule has 1 aromatic heterocycles. The van der Waals surface area contributed by atoms with E-state index in [-0.39, 0.29) is 24.2 Å². The minimum absolute atomic E-state index is 0.0915. The van der Waals surface area contributed by atoms with Gasteiger partial charge in [-0.05, 0) is 42.5 Å². The summed E-state index contributed by atoms with van der Waals surface area (Å²) in [6.45, 7) is 0.560.